The number of methoxy groups -OCH3 is 1. The third-order valence-electron chi connectivity index (χ3n) is 3.41. The number of carbonyl (C=O) groups excluding carboxylic acids is 2. The van der Waals surface area contributed by atoms with E-state index in [2.05, 4.69) is 0 Å². The zero-order valence-electron chi connectivity index (χ0n) is 14.5. The van der Waals surface area contributed by atoms with Gasteiger partial charge in [0.25, 0.3) is 0 Å². The van der Waals surface area contributed by atoms with Gasteiger partial charge in [0.1, 0.15) is 0 Å². The second-order valence-electron chi connectivity index (χ2n) is 5.21. The van der Waals surface area contributed by atoms with Crippen molar-refractivity contribution in [2.24, 2.45) is 0 Å². The third-order valence-corrected chi connectivity index (χ3v) is 3.66. The van der Waals surface area contributed by atoms with E-state index in [1.54, 1.807) is 55.7 Å². The molecule has 0 aliphatic carbocycles. The van der Waals surface area contributed by atoms with Crippen LogP contribution < -0.4 is 9.47 Å². The number of benzene rings is 2. The van der Waals surface area contributed by atoms with Crippen molar-refractivity contribution in [2.75, 3.05) is 20.3 Å². The van der Waals surface area contributed by atoms with Gasteiger partial charge >= 0.3 is 5.97 Å². The van der Waals surface area contributed by atoms with E-state index in [1.165, 1.54) is 6.08 Å². The molecule has 0 aliphatic rings. The van der Waals surface area contributed by atoms with Crippen molar-refractivity contribution < 1.29 is 23.8 Å². The summed E-state index contributed by atoms with van der Waals surface area (Å²) in [5.74, 6) is 0.288. The maximum atomic E-state index is 11.9. The van der Waals surface area contributed by atoms with Crippen molar-refractivity contribution in [2.45, 2.75) is 6.92 Å². The minimum atomic E-state index is -0.610. The van der Waals surface area contributed by atoms with Gasteiger partial charge in [0.05, 0.1) is 13.7 Å². The molecule has 0 aliphatic heterocycles. The minimum Gasteiger partial charge on any atom is -0.493 e. The van der Waals surface area contributed by atoms with Gasteiger partial charge in [-0.15, -0.1) is 0 Å². The fourth-order valence-electron chi connectivity index (χ4n) is 2.13. The standard InChI is InChI=1S/C20H19ClO5/c1-3-25-19-12-14(4-10-18(19)24-2)5-11-20(23)26-13-17(22)15-6-8-16(21)9-7-15/h4-12H,3,13H2,1-2H3/b11-5+. The predicted octanol–water partition coefficient (Wildman–Crippen LogP) is 4.19. The number of esters is 1. The highest BCUT2D eigenvalue weighted by molar-refractivity contribution is 6.30. The number of carbonyl (C=O) groups is 2. The molecule has 0 heterocycles. The SMILES string of the molecule is CCOc1cc(/C=C/C(=O)OCC(=O)c2ccc(Cl)cc2)ccc1OC. The number of hydrogen-bond donors (Lipinski definition) is 0. The molecule has 0 amide bonds. The summed E-state index contributed by atoms with van der Waals surface area (Å²) in [6, 6.07) is 11.7. The van der Waals surface area contributed by atoms with Gasteiger partial charge in [-0.25, -0.2) is 4.79 Å². The number of ketones is 1. The Hall–Kier alpha value is -2.79. The van der Waals surface area contributed by atoms with Gasteiger partial charge in [0.2, 0.25) is 0 Å². The van der Waals surface area contributed by atoms with Crippen molar-refractivity contribution in [1.29, 1.82) is 0 Å². The Morgan fingerprint density at radius 2 is 1.81 bits per heavy atom. The Kier molecular flexibility index (Phi) is 7.24. The number of Topliss-reactive ketones (excluding diaryl/α,β-unsaturated/α-hetero) is 1. The van der Waals surface area contributed by atoms with Crippen LogP contribution in [0.25, 0.3) is 6.08 Å². The summed E-state index contributed by atoms with van der Waals surface area (Å²) in [5.41, 5.74) is 1.18. The van der Waals surface area contributed by atoms with Crippen LogP contribution in [0.5, 0.6) is 11.5 Å². The first kappa shape index (κ1) is 19.5. The lowest BCUT2D eigenvalue weighted by atomic mass is 10.1. The molecule has 136 valence electrons. The molecule has 0 saturated carbocycles. The molecular formula is C20H19ClO5. The molecule has 0 N–H and O–H groups in total. The van der Waals surface area contributed by atoms with E-state index in [1.807, 2.05) is 6.92 Å². The van der Waals surface area contributed by atoms with Gasteiger partial charge in [-0.05, 0) is 55.0 Å². The average Bonchev–Trinajstić information content (AvgIpc) is 2.65. The van der Waals surface area contributed by atoms with Crippen LogP contribution in [-0.2, 0) is 9.53 Å². The fraction of sp³-hybridized carbons (Fsp3) is 0.200. The Labute approximate surface area is 157 Å². The van der Waals surface area contributed by atoms with Crippen LogP contribution in [0.4, 0.5) is 0 Å². The minimum absolute atomic E-state index is 0.300. The lowest BCUT2D eigenvalue weighted by Crippen LogP contribution is -2.12. The largest absolute Gasteiger partial charge is 0.493 e. The maximum absolute atomic E-state index is 11.9. The molecule has 0 spiro atoms. The second-order valence-corrected chi connectivity index (χ2v) is 5.65. The fourth-order valence-corrected chi connectivity index (χ4v) is 2.26. The molecule has 5 nitrogen and oxygen atoms in total. The topological polar surface area (TPSA) is 61.8 Å². The van der Waals surface area contributed by atoms with Crippen LogP contribution in [0.3, 0.4) is 0 Å². The number of rotatable bonds is 8. The van der Waals surface area contributed by atoms with Crippen LogP contribution >= 0.6 is 11.6 Å². The highest BCUT2D eigenvalue weighted by Crippen LogP contribution is 2.28. The summed E-state index contributed by atoms with van der Waals surface area (Å²) < 4.78 is 15.7. The van der Waals surface area contributed by atoms with Crippen molar-refractivity contribution in [1.82, 2.24) is 0 Å². The Morgan fingerprint density at radius 1 is 1.08 bits per heavy atom. The molecular weight excluding hydrogens is 356 g/mol. The van der Waals surface area contributed by atoms with Crippen LogP contribution in [-0.4, -0.2) is 32.1 Å². The highest BCUT2D eigenvalue weighted by atomic mass is 35.5. The molecule has 0 unspecified atom stereocenters. The molecule has 0 fully saturated rings. The van der Waals surface area contributed by atoms with Crippen molar-refractivity contribution in [3.8, 4) is 11.5 Å². The zero-order valence-corrected chi connectivity index (χ0v) is 15.3. The summed E-state index contributed by atoms with van der Waals surface area (Å²) in [6.07, 6.45) is 2.84. The molecule has 0 atom stereocenters. The van der Waals surface area contributed by atoms with E-state index in [-0.39, 0.29) is 12.4 Å². The van der Waals surface area contributed by atoms with Gasteiger partial charge in [-0.2, -0.15) is 0 Å². The first-order chi connectivity index (χ1) is 12.5. The Morgan fingerprint density at radius 3 is 2.46 bits per heavy atom. The number of ether oxygens (including phenoxy) is 3. The van der Waals surface area contributed by atoms with E-state index < -0.39 is 5.97 Å². The van der Waals surface area contributed by atoms with Gasteiger partial charge < -0.3 is 14.2 Å². The summed E-state index contributed by atoms with van der Waals surface area (Å²) in [7, 11) is 1.56. The lowest BCUT2D eigenvalue weighted by Gasteiger charge is -2.09. The van der Waals surface area contributed by atoms with Crippen LogP contribution in [0.1, 0.15) is 22.8 Å². The number of halogens is 1. The predicted molar refractivity (Wildman–Crippen MR) is 99.9 cm³/mol. The zero-order chi connectivity index (χ0) is 18.9. The van der Waals surface area contributed by atoms with E-state index in [0.717, 1.165) is 5.56 Å². The molecule has 6 heteroatoms. The van der Waals surface area contributed by atoms with E-state index in [0.29, 0.717) is 28.7 Å². The molecule has 2 aromatic carbocycles. The van der Waals surface area contributed by atoms with Gasteiger partial charge in [-0.1, -0.05) is 17.7 Å². The molecule has 0 aromatic heterocycles. The molecule has 0 bridgehead atoms. The quantitative estimate of drug-likeness (QED) is 0.394. The molecule has 0 saturated heterocycles. The summed E-state index contributed by atoms with van der Waals surface area (Å²) in [4.78, 5) is 23.7. The molecule has 0 radical (unpaired) electrons. The Balaban J connectivity index is 1.93. The third kappa shape index (κ3) is 5.63. The van der Waals surface area contributed by atoms with E-state index in [9.17, 15) is 9.59 Å². The van der Waals surface area contributed by atoms with E-state index in [4.69, 9.17) is 25.8 Å². The first-order valence-electron chi connectivity index (χ1n) is 7.98. The van der Waals surface area contributed by atoms with Gasteiger partial charge in [0, 0.05) is 16.7 Å². The van der Waals surface area contributed by atoms with Crippen molar-refractivity contribution in [3.05, 3.63) is 64.7 Å². The van der Waals surface area contributed by atoms with Crippen LogP contribution in [0.15, 0.2) is 48.5 Å². The number of hydrogen-bond acceptors (Lipinski definition) is 5. The monoisotopic (exact) mass is 374 g/mol. The van der Waals surface area contributed by atoms with Crippen LogP contribution in [0.2, 0.25) is 5.02 Å². The van der Waals surface area contributed by atoms with Crippen molar-refractivity contribution >= 4 is 29.4 Å². The van der Waals surface area contributed by atoms with E-state index >= 15 is 0 Å². The summed E-state index contributed by atoms with van der Waals surface area (Å²) in [5, 5.41) is 0.535. The molecule has 2 rings (SSSR count). The average molecular weight is 375 g/mol. The maximum Gasteiger partial charge on any atom is 0.331 e. The van der Waals surface area contributed by atoms with Crippen LogP contribution in [0, 0.1) is 0 Å². The van der Waals surface area contributed by atoms with Gasteiger partial charge in [-0.3, -0.25) is 4.79 Å². The molecule has 26 heavy (non-hydrogen) atoms. The second kappa shape index (κ2) is 9.63. The first-order valence-corrected chi connectivity index (χ1v) is 8.35. The summed E-state index contributed by atoms with van der Waals surface area (Å²) >= 11 is 5.77. The smallest absolute Gasteiger partial charge is 0.331 e. The van der Waals surface area contributed by atoms with Gasteiger partial charge in [0.15, 0.2) is 23.9 Å². The normalized spacial score (nSPS) is 10.6. The lowest BCUT2D eigenvalue weighted by molar-refractivity contribution is -0.136. The highest BCUT2D eigenvalue weighted by Gasteiger charge is 2.09. The Bertz CT molecular complexity index is 796. The summed E-state index contributed by atoms with van der Waals surface area (Å²) in [6.45, 7) is 2.03. The van der Waals surface area contributed by atoms with Crippen molar-refractivity contribution in [3.63, 3.8) is 0 Å². The molecule has 2 aromatic rings.